The third-order valence-electron chi connectivity index (χ3n) is 4.85. The van der Waals surface area contributed by atoms with Crippen LogP contribution in [0.1, 0.15) is 32.1 Å². The molecule has 1 unspecified atom stereocenters. The summed E-state index contributed by atoms with van der Waals surface area (Å²) in [6.45, 7) is 5.05. The number of piperidine rings is 1. The first kappa shape index (κ1) is 17.9. The predicted molar refractivity (Wildman–Crippen MR) is 99.0 cm³/mol. The Morgan fingerprint density at radius 1 is 1.12 bits per heavy atom. The molecule has 3 N–H and O–H groups in total. The lowest BCUT2D eigenvalue weighted by Gasteiger charge is -2.28. The largest absolute Gasteiger partial charge is 0.390 e. The molecule has 2 aliphatic rings. The number of carbonyl (C=O) groups excluding carboxylic acids is 1. The van der Waals surface area contributed by atoms with E-state index in [-0.39, 0.29) is 12.6 Å². The molecule has 2 fully saturated rings. The third-order valence-corrected chi connectivity index (χ3v) is 4.85. The highest BCUT2D eigenvalue weighted by Gasteiger charge is 2.16. The van der Waals surface area contributed by atoms with E-state index < -0.39 is 6.10 Å². The van der Waals surface area contributed by atoms with E-state index in [0.717, 1.165) is 32.0 Å². The Hall–Kier alpha value is -1.86. The van der Waals surface area contributed by atoms with Crippen molar-refractivity contribution in [1.82, 2.24) is 15.2 Å². The molecule has 0 aliphatic carbocycles. The monoisotopic (exact) mass is 347 g/mol. The molecule has 7 nitrogen and oxygen atoms in total. The summed E-state index contributed by atoms with van der Waals surface area (Å²) in [4.78, 5) is 20.9. The van der Waals surface area contributed by atoms with Gasteiger partial charge < -0.3 is 25.5 Å². The van der Waals surface area contributed by atoms with Crippen molar-refractivity contribution < 1.29 is 9.90 Å². The van der Waals surface area contributed by atoms with Crippen molar-refractivity contribution in [2.24, 2.45) is 0 Å². The normalized spacial score (nSPS) is 19.6. The summed E-state index contributed by atoms with van der Waals surface area (Å²) < 4.78 is 0. The lowest BCUT2D eigenvalue weighted by atomic mass is 10.1. The molecule has 1 aromatic heterocycles. The molecule has 3 heterocycles. The van der Waals surface area contributed by atoms with E-state index in [0.29, 0.717) is 12.2 Å². The minimum absolute atomic E-state index is 0.252. The van der Waals surface area contributed by atoms with Crippen LogP contribution in [0.2, 0.25) is 0 Å². The number of aliphatic hydroxyl groups is 1. The Kier molecular flexibility index (Phi) is 6.47. The Balaban J connectivity index is 1.38. The quantitative estimate of drug-likeness (QED) is 0.729. The number of carbonyl (C=O) groups is 1. The lowest BCUT2D eigenvalue weighted by molar-refractivity contribution is 0.102. The number of likely N-dealkylation sites (tertiary alicyclic amines) is 1. The molecule has 3 rings (SSSR count). The van der Waals surface area contributed by atoms with Crippen molar-refractivity contribution in [3.63, 3.8) is 0 Å². The van der Waals surface area contributed by atoms with E-state index in [1.54, 1.807) is 6.20 Å². The number of anilines is 2. The van der Waals surface area contributed by atoms with Gasteiger partial charge in [-0.1, -0.05) is 6.42 Å². The molecule has 0 aromatic carbocycles. The molecule has 138 valence electrons. The number of hydrogen-bond acceptors (Lipinski definition) is 5. The van der Waals surface area contributed by atoms with Crippen molar-refractivity contribution in [1.29, 1.82) is 0 Å². The van der Waals surface area contributed by atoms with Crippen LogP contribution in [-0.2, 0) is 0 Å². The highest BCUT2D eigenvalue weighted by molar-refractivity contribution is 5.89. The summed E-state index contributed by atoms with van der Waals surface area (Å²) >= 11 is 0. The van der Waals surface area contributed by atoms with Crippen molar-refractivity contribution in [3.8, 4) is 0 Å². The summed E-state index contributed by atoms with van der Waals surface area (Å²) in [5.74, 6) is 0.959. The molecule has 0 bridgehead atoms. The van der Waals surface area contributed by atoms with E-state index in [9.17, 15) is 9.90 Å². The lowest BCUT2D eigenvalue weighted by Crippen LogP contribution is -2.43. The van der Waals surface area contributed by atoms with Gasteiger partial charge in [-0.3, -0.25) is 0 Å². The Labute approximate surface area is 149 Å². The fourth-order valence-corrected chi connectivity index (χ4v) is 3.48. The van der Waals surface area contributed by atoms with Crippen LogP contribution in [0.4, 0.5) is 16.3 Å². The zero-order valence-corrected chi connectivity index (χ0v) is 14.8. The number of hydrogen-bond donors (Lipinski definition) is 3. The van der Waals surface area contributed by atoms with Gasteiger partial charge in [0.15, 0.2) is 0 Å². The third kappa shape index (κ3) is 5.57. The van der Waals surface area contributed by atoms with Gasteiger partial charge in [0.05, 0.1) is 18.0 Å². The number of nitrogens with zero attached hydrogens (tertiary/aromatic N) is 3. The molecule has 25 heavy (non-hydrogen) atoms. The topological polar surface area (TPSA) is 80.7 Å². The highest BCUT2D eigenvalue weighted by atomic mass is 16.3. The number of rotatable bonds is 6. The van der Waals surface area contributed by atoms with Gasteiger partial charge in [-0.25, -0.2) is 9.78 Å². The van der Waals surface area contributed by atoms with Gasteiger partial charge in [-0.05, 0) is 50.9 Å². The van der Waals surface area contributed by atoms with Crippen LogP contribution >= 0.6 is 0 Å². The van der Waals surface area contributed by atoms with Gasteiger partial charge in [-0.2, -0.15) is 0 Å². The van der Waals surface area contributed by atoms with Crippen LogP contribution in [0.5, 0.6) is 0 Å². The van der Waals surface area contributed by atoms with Gasteiger partial charge >= 0.3 is 6.03 Å². The molecule has 0 spiro atoms. The second kappa shape index (κ2) is 9.01. The van der Waals surface area contributed by atoms with Gasteiger partial charge in [0.1, 0.15) is 5.82 Å². The smallest absolute Gasteiger partial charge is 0.319 e. The molecule has 7 heteroatoms. The van der Waals surface area contributed by atoms with E-state index in [4.69, 9.17) is 0 Å². The standard InChI is InChI=1S/C18H29N5O2/c24-16(14-22-8-2-1-3-9-22)13-20-18(25)21-15-6-7-17(19-12-15)23-10-4-5-11-23/h6-7,12,16,24H,1-5,8-11,13-14H2,(H2,20,21,25). The summed E-state index contributed by atoms with van der Waals surface area (Å²) in [7, 11) is 0. The number of aromatic nitrogens is 1. The minimum Gasteiger partial charge on any atom is -0.390 e. The van der Waals surface area contributed by atoms with Crippen LogP contribution in [0.3, 0.4) is 0 Å². The van der Waals surface area contributed by atoms with Crippen LogP contribution < -0.4 is 15.5 Å². The van der Waals surface area contributed by atoms with Crippen molar-refractivity contribution in [2.75, 3.05) is 49.5 Å². The first-order chi connectivity index (χ1) is 12.2. The van der Waals surface area contributed by atoms with E-state index in [1.165, 1.54) is 32.1 Å². The Morgan fingerprint density at radius 2 is 1.84 bits per heavy atom. The molecule has 1 atom stereocenters. The first-order valence-electron chi connectivity index (χ1n) is 9.37. The number of urea groups is 1. The summed E-state index contributed by atoms with van der Waals surface area (Å²) in [6.07, 6.45) is 7.23. The maximum absolute atomic E-state index is 12.0. The number of aliphatic hydroxyl groups excluding tert-OH is 1. The van der Waals surface area contributed by atoms with Gasteiger partial charge in [0, 0.05) is 26.2 Å². The van der Waals surface area contributed by atoms with Gasteiger partial charge in [-0.15, -0.1) is 0 Å². The Morgan fingerprint density at radius 3 is 2.52 bits per heavy atom. The maximum atomic E-state index is 12.0. The van der Waals surface area contributed by atoms with Crippen LogP contribution in [0.25, 0.3) is 0 Å². The van der Waals surface area contributed by atoms with Crippen molar-refractivity contribution >= 4 is 17.5 Å². The zero-order chi connectivity index (χ0) is 17.5. The van der Waals surface area contributed by atoms with Crippen molar-refractivity contribution in [2.45, 2.75) is 38.2 Å². The van der Waals surface area contributed by atoms with Crippen LogP contribution in [0, 0.1) is 0 Å². The second-order valence-corrected chi connectivity index (χ2v) is 6.95. The van der Waals surface area contributed by atoms with Gasteiger partial charge in [0.25, 0.3) is 0 Å². The molecular formula is C18H29N5O2. The average molecular weight is 347 g/mol. The number of nitrogens with one attached hydrogen (secondary N) is 2. The number of β-amino-alcohol motifs (C(OH)–C–C–N with tert-alkyl or cyclic N) is 1. The summed E-state index contributed by atoms with van der Waals surface area (Å²) in [6, 6.07) is 3.49. The molecule has 0 radical (unpaired) electrons. The molecule has 1 aromatic rings. The van der Waals surface area contributed by atoms with E-state index in [2.05, 4.69) is 25.4 Å². The molecule has 0 saturated carbocycles. The van der Waals surface area contributed by atoms with Gasteiger partial charge in [0.2, 0.25) is 0 Å². The second-order valence-electron chi connectivity index (χ2n) is 6.95. The number of amides is 2. The maximum Gasteiger partial charge on any atom is 0.319 e. The zero-order valence-electron chi connectivity index (χ0n) is 14.8. The fourth-order valence-electron chi connectivity index (χ4n) is 3.48. The molecule has 2 aliphatic heterocycles. The van der Waals surface area contributed by atoms with Crippen LogP contribution in [-0.4, -0.2) is 66.4 Å². The fraction of sp³-hybridized carbons (Fsp3) is 0.667. The highest BCUT2D eigenvalue weighted by Crippen LogP contribution is 2.18. The molecule has 2 amide bonds. The SMILES string of the molecule is O=C(NCC(O)CN1CCCCC1)Nc1ccc(N2CCCC2)nc1. The summed E-state index contributed by atoms with van der Waals surface area (Å²) in [5, 5.41) is 15.6. The predicted octanol–water partition coefficient (Wildman–Crippen LogP) is 1.65. The average Bonchev–Trinajstić information content (AvgIpc) is 3.16. The number of pyridine rings is 1. The molecular weight excluding hydrogens is 318 g/mol. The van der Waals surface area contributed by atoms with Crippen LogP contribution in [0.15, 0.2) is 18.3 Å². The minimum atomic E-state index is -0.542. The van der Waals surface area contributed by atoms with E-state index >= 15 is 0 Å². The first-order valence-corrected chi connectivity index (χ1v) is 9.37. The van der Waals surface area contributed by atoms with Crippen molar-refractivity contribution in [3.05, 3.63) is 18.3 Å². The Bertz CT molecular complexity index is 539. The summed E-state index contributed by atoms with van der Waals surface area (Å²) in [5.41, 5.74) is 0.658. The molecule has 2 saturated heterocycles. The van der Waals surface area contributed by atoms with E-state index in [1.807, 2.05) is 12.1 Å².